The van der Waals surface area contributed by atoms with Gasteiger partial charge in [0, 0.05) is 57.7 Å². The molecule has 150 valence electrons. The summed E-state index contributed by atoms with van der Waals surface area (Å²) < 4.78 is 5.79. The zero-order valence-electron chi connectivity index (χ0n) is 16.9. The Kier molecular flexibility index (Phi) is 5.32. The third kappa shape index (κ3) is 3.74. The maximum atomic E-state index is 10.7. The van der Waals surface area contributed by atoms with Gasteiger partial charge in [0.25, 0.3) is 0 Å². The number of hydrogen-bond acceptors (Lipinski definition) is 5. The summed E-state index contributed by atoms with van der Waals surface area (Å²) in [5.41, 5.74) is 4.99. The maximum absolute atomic E-state index is 10.7. The molecule has 0 fully saturated rings. The Morgan fingerprint density at radius 3 is 2.86 bits per heavy atom. The molecular formula is C20H29N7O. The zero-order chi connectivity index (χ0) is 19.7. The predicted octanol–water partition coefficient (Wildman–Crippen LogP) is 2.02. The number of aliphatic hydroxyl groups excluding tert-OH is 1. The predicted molar refractivity (Wildman–Crippen MR) is 105 cm³/mol. The molecule has 8 nitrogen and oxygen atoms in total. The average Bonchev–Trinajstić information content (AvgIpc) is 3.32. The molecule has 1 N–H and O–H groups in total. The molecule has 0 spiro atoms. The average molecular weight is 384 g/mol. The fraction of sp³-hybridized carbons (Fsp3) is 0.550. The topological polar surface area (TPSA) is 76.9 Å². The van der Waals surface area contributed by atoms with Crippen molar-refractivity contribution in [3.05, 3.63) is 52.9 Å². The molecule has 1 aliphatic rings. The number of rotatable bonds is 6. The molecule has 1 aliphatic heterocycles. The van der Waals surface area contributed by atoms with Crippen LogP contribution in [0.4, 0.5) is 0 Å². The van der Waals surface area contributed by atoms with Gasteiger partial charge in [-0.3, -0.25) is 18.9 Å². The standard InChI is InChI=1S/C20H29N7O/c1-4-8-26-13-16(15(2)22-26)12-25-9-5-10-27-17(14-25)11-18(23-27)20(28)19-6-7-21-24(19)3/h6-7,11,13,20,28H,4-5,8-10,12,14H2,1-3H3/t20-/m0/s1. The highest BCUT2D eigenvalue weighted by Crippen LogP contribution is 2.24. The maximum Gasteiger partial charge on any atom is 0.139 e. The van der Waals surface area contributed by atoms with Gasteiger partial charge in [-0.05, 0) is 31.9 Å². The molecule has 3 aromatic heterocycles. The Morgan fingerprint density at radius 2 is 2.11 bits per heavy atom. The van der Waals surface area contributed by atoms with Crippen molar-refractivity contribution in [1.82, 2.24) is 34.2 Å². The van der Waals surface area contributed by atoms with Crippen LogP contribution >= 0.6 is 0 Å². The van der Waals surface area contributed by atoms with Crippen LogP contribution in [0, 0.1) is 6.92 Å². The highest BCUT2D eigenvalue weighted by molar-refractivity contribution is 5.22. The van der Waals surface area contributed by atoms with Gasteiger partial charge in [-0.2, -0.15) is 15.3 Å². The summed E-state index contributed by atoms with van der Waals surface area (Å²) in [6.45, 7) is 8.84. The Bertz CT molecular complexity index is 938. The van der Waals surface area contributed by atoms with E-state index in [-0.39, 0.29) is 0 Å². The van der Waals surface area contributed by atoms with Gasteiger partial charge in [0.15, 0.2) is 0 Å². The van der Waals surface area contributed by atoms with Crippen molar-refractivity contribution in [2.75, 3.05) is 6.54 Å². The quantitative estimate of drug-likeness (QED) is 0.705. The lowest BCUT2D eigenvalue weighted by atomic mass is 10.1. The van der Waals surface area contributed by atoms with Crippen molar-refractivity contribution in [3.63, 3.8) is 0 Å². The smallest absolute Gasteiger partial charge is 0.139 e. The summed E-state index contributed by atoms with van der Waals surface area (Å²) in [4.78, 5) is 2.45. The van der Waals surface area contributed by atoms with E-state index >= 15 is 0 Å². The fourth-order valence-electron chi connectivity index (χ4n) is 3.92. The lowest BCUT2D eigenvalue weighted by molar-refractivity contribution is 0.203. The molecule has 1 atom stereocenters. The third-order valence-electron chi connectivity index (χ3n) is 5.43. The van der Waals surface area contributed by atoms with E-state index in [1.54, 1.807) is 10.9 Å². The SMILES string of the molecule is CCCn1cc(CN2CCCn3nc([C@H](O)c4ccnn4C)cc3C2)c(C)n1. The molecule has 0 saturated heterocycles. The van der Waals surface area contributed by atoms with E-state index in [1.165, 1.54) is 5.56 Å². The minimum absolute atomic E-state index is 0.687. The van der Waals surface area contributed by atoms with E-state index in [0.29, 0.717) is 5.69 Å². The van der Waals surface area contributed by atoms with Crippen LogP contribution in [0.5, 0.6) is 0 Å². The Balaban J connectivity index is 1.50. The first kappa shape index (κ1) is 18.9. The summed E-state index contributed by atoms with van der Waals surface area (Å²) >= 11 is 0. The molecule has 0 amide bonds. The Hall–Kier alpha value is -2.45. The second-order valence-corrected chi connectivity index (χ2v) is 7.63. The molecular weight excluding hydrogens is 354 g/mol. The van der Waals surface area contributed by atoms with Gasteiger partial charge >= 0.3 is 0 Å². The molecule has 4 rings (SSSR count). The molecule has 0 saturated carbocycles. The van der Waals surface area contributed by atoms with Gasteiger partial charge in [-0.25, -0.2) is 0 Å². The van der Waals surface area contributed by atoms with Gasteiger partial charge < -0.3 is 5.11 Å². The van der Waals surface area contributed by atoms with Crippen LogP contribution in [0.25, 0.3) is 0 Å². The molecule has 0 aromatic carbocycles. The van der Waals surface area contributed by atoms with Crippen LogP contribution in [0.15, 0.2) is 24.5 Å². The second kappa shape index (κ2) is 7.89. The summed E-state index contributed by atoms with van der Waals surface area (Å²) in [5.74, 6) is 0. The minimum atomic E-state index is -0.755. The normalized spacial score (nSPS) is 16.1. The van der Waals surface area contributed by atoms with Crippen molar-refractivity contribution >= 4 is 0 Å². The van der Waals surface area contributed by atoms with Crippen molar-refractivity contribution in [1.29, 1.82) is 0 Å². The van der Waals surface area contributed by atoms with E-state index in [2.05, 4.69) is 44.9 Å². The van der Waals surface area contributed by atoms with Crippen LogP contribution in [0.1, 0.15) is 54.2 Å². The summed E-state index contributed by atoms with van der Waals surface area (Å²) in [5, 5.41) is 24.2. The van der Waals surface area contributed by atoms with Crippen LogP contribution < -0.4 is 0 Å². The largest absolute Gasteiger partial charge is 0.380 e. The number of aliphatic hydroxyl groups is 1. The van der Waals surface area contributed by atoms with Crippen molar-refractivity contribution in [3.8, 4) is 0 Å². The number of aromatic nitrogens is 6. The minimum Gasteiger partial charge on any atom is -0.380 e. The molecule has 3 aromatic rings. The van der Waals surface area contributed by atoms with E-state index in [1.807, 2.05) is 23.9 Å². The highest BCUT2D eigenvalue weighted by atomic mass is 16.3. The Morgan fingerprint density at radius 1 is 1.25 bits per heavy atom. The first-order chi connectivity index (χ1) is 13.5. The van der Waals surface area contributed by atoms with Gasteiger partial charge in [0.05, 0.1) is 22.8 Å². The first-order valence-electron chi connectivity index (χ1n) is 10.0. The summed E-state index contributed by atoms with van der Waals surface area (Å²) in [7, 11) is 1.84. The second-order valence-electron chi connectivity index (χ2n) is 7.63. The molecule has 0 unspecified atom stereocenters. The van der Waals surface area contributed by atoms with Crippen LogP contribution in [-0.2, 0) is 33.2 Å². The van der Waals surface area contributed by atoms with E-state index < -0.39 is 6.10 Å². The number of fused-ring (bicyclic) bond motifs is 1. The lowest BCUT2D eigenvalue weighted by Gasteiger charge is -2.19. The molecule has 28 heavy (non-hydrogen) atoms. The van der Waals surface area contributed by atoms with Gasteiger partial charge in [-0.1, -0.05) is 6.92 Å². The lowest BCUT2D eigenvalue weighted by Crippen LogP contribution is -2.23. The number of aryl methyl sites for hydroxylation is 4. The van der Waals surface area contributed by atoms with E-state index in [4.69, 9.17) is 0 Å². The van der Waals surface area contributed by atoms with Crippen molar-refractivity contribution < 1.29 is 5.11 Å². The van der Waals surface area contributed by atoms with Crippen LogP contribution in [0.2, 0.25) is 0 Å². The molecule has 4 heterocycles. The highest BCUT2D eigenvalue weighted by Gasteiger charge is 2.22. The first-order valence-corrected chi connectivity index (χ1v) is 10.0. The molecule has 8 heteroatoms. The van der Waals surface area contributed by atoms with Gasteiger partial charge in [0.1, 0.15) is 6.10 Å². The van der Waals surface area contributed by atoms with Crippen molar-refractivity contribution in [2.24, 2.45) is 7.05 Å². The van der Waals surface area contributed by atoms with Gasteiger partial charge in [-0.15, -0.1) is 0 Å². The monoisotopic (exact) mass is 383 g/mol. The third-order valence-corrected chi connectivity index (χ3v) is 5.43. The zero-order valence-corrected chi connectivity index (χ0v) is 16.9. The number of hydrogen-bond donors (Lipinski definition) is 1. The van der Waals surface area contributed by atoms with Gasteiger partial charge in [0.2, 0.25) is 0 Å². The summed E-state index contributed by atoms with van der Waals surface area (Å²) in [6, 6.07) is 3.86. The van der Waals surface area contributed by atoms with E-state index in [9.17, 15) is 5.11 Å². The summed E-state index contributed by atoms with van der Waals surface area (Å²) in [6.07, 6.45) is 5.25. The number of nitrogens with zero attached hydrogens (tertiary/aromatic N) is 7. The molecule has 0 bridgehead atoms. The Labute approximate surface area is 165 Å². The van der Waals surface area contributed by atoms with Crippen molar-refractivity contribution in [2.45, 2.75) is 59.0 Å². The molecule has 0 aliphatic carbocycles. The van der Waals surface area contributed by atoms with E-state index in [0.717, 1.165) is 62.6 Å². The molecule has 0 radical (unpaired) electrons. The van der Waals surface area contributed by atoms with Crippen LogP contribution in [0.3, 0.4) is 0 Å². The van der Waals surface area contributed by atoms with Crippen LogP contribution in [-0.4, -0.2) is 45.9 Å². The fourth-order valence-corrected chi connectivity index (χ4v) is 3.92.